The molecular weight excluding hydrogens is 286 g/mol. The van der Waals surface area contributed by atoms with E-state index in [1.54, 1.807) is 22.7 Å². The molecule has 0 bridgehead atoms. The first kappa shape index (κ1) is 13.5. The molecule has 2 aromatic heterocycles. The lowest BCUT2D eigenvalue weighted by Crippen LogP contribution is -2.05. The summed E-state index contributed by atoms with van der Waals surface area (Å²) in [6, 6.07) is 12.7. The topological polar surface area (TPSA) is 69.8 Å². The van der Waals surface area contributed by atoms with Crippen LogP contribution in [-0.4, -0.2) is 19.6 Å². The van der Waals surface area contributed by atoms with Gasteiger partial charge in [0.1, 0.15) is 10.5 Å². The fourth-order valence-corrected chi connectivity index (χ4v) is 2.40. The average molecular weight is 299 g/mol. The van der Waals surface area contributed by atoms with Crippen molar-refractivity contribution < 1.29 is 10.2 Å². The normalized spacial score (nSPS) is 10.7. The lowest BCUT2D eigenvalue weighted by molar-refractivity contribution is 0.281. The van der Waals surface area contributed by atoms with Crippen molar-refractivity contribution in [2.75, 3.05) is 5.32 Å². The number of benzene rings is 1. The Morgan fingerprint density at radius 3 is 2.62 bits per heavy atom. The Bertz CT molecular complexity index is 847. The van der Waals surface area contributed by atoms with Crippen LogP contribution in [0.25, 0.3) is 5.65 Å². The summed E-state index contributed by atoms with van der Waals surface area (Å²) in [6.45, 7) is -0.237. The number of aliphatic hydroxyl groups is 1. The third kappa shape index (κ3) is 2.46. The predicted octanol–water partition coefficient (Wildman–Crippen LogP) is 3.01. The highest BCUT2D eigenvalue weighted by Gasteiger charge is 2.11. The number of rotatable bonds is 3. The van der Waals surface area contributed by atoms with E-state index >= 15 is 0 Å². The zero-order chi connectivity index (χ0) is 14.8. The van der Waals surface area contributed by atoms with E-state index in [0.29, 0.717) is 21.7 Å². The Morgan fingerprint density at radius 2 is 1.90 bits per heavy atom. The maximum atomic E-state index is 9.93. The second-order valence-electron chi connectivity index (χ2n) is 4.48. The second kappa shape index (κ2) is 5.51. The van der Waals surface area contributed by atoms with E-state index in [4.69, 9.17) is 12.2 Å². The predicted molar refractivity (Wildman–Crippen MR) is 83.3 cm³/mol. The van der Waals surface area contributed by atoms with Crippen LogP contribution in [0, 0.1) is 4.64 Å². The molecule has 1 aromatic carbocycles. The first-order valence-electron chi connectivity index (χ1n) is 6.37. The number of anilines is 2. The van der Waals surface area contributed by atoms with Gasteiger partial charge in [0.05, 0.1) is 12.2 Å². The Morgan fingerprint density at radius 1 is 1.14 bits per heavy atom. The van der Waals surface area contributed by atoms with Gasteiger partial charge in [-0.25, -0.2) is 4.98 Å². The number of aromatic hydroxyl groups is 1. The third-order valence-electron chi connectivity index (χ3n) is 3.12. The Kier molecular flexibility index (Phi) is 3.55. The van der Waals surface area contributed by atoms with Gasteiger partial charge in [0.25, 0.3) is 0 Å². The average Bonchev–Trinajstić information content (AvgIpc) is 2.50. The van der Waals surface area contributed by atoms with Crippen molar-refractivity contribution in [1.29, 1.82) is 0 Å². The highest BCUT2D eigenvalue weighted by Crippen LogP contribution is 2.24. The molecule has 0 aliphatic heterocycles. The lowest BCUT2D eigenvalue weighted by Gasteiger charge is -2.13. The van der Waals surface area contributed by atoms with E-state index < -0.39 is 0 Å². The SMILES string of the molecule is OCc1c(Nc2ccccc2)nc2c(O)cccn2c1=S. The summed E-state index contributed by atoms with van der Waals surface area (Å²) in [5.41, 5.74) is 1.68. The smallest absolute Gasteiger partial charge is 0.182 e. The molecule has 0 saturated carbocycles. The molecule has 2 heterocycles. The molecule has 0 spiro atoms. The van der Waals surface area contributed by atoms with Crippen LogP contribution in [0.15, 0.2) is 48.7 Å². The van der Waals surface area contributed by atoms with E-state index in [-0.39, 0.29) is 12.4 Å². The van der Waals surface area contributed by atoms with Gasteiger partial charge in [-0.3, -0.25) is 4.40 Å². The van der Waals surface area contributed by atoms with Gasteiger partial charge in [-0.1, -0.05) is 30.4 Å². The van der Waals surface area contributed by atoms with Crippen LogP contribution in [-0.2, 0) is 6.61 Å². The zero-order valence-corrected chi connectivity index (χ0v) is 11.8. The van der Waals surface area contributed by atoms with E-state index in [9.17, 15) is 10.2 Å². The van der Waals surface area contributed by atoms with Crippen LogP contribution in [0.4, 0.5) is 11.5 Å². The number of nitrogens with zero attached hydrogens (tertiary/aromatic N) is 2. The first-order chi connectivity index (χ1) is 10.2. The molecule has 106 valence electrons. The third-order valence-corrected chi connectivity index (χ3v) is 3.56. The molecule has 0 amide bonds. The maximum Gasteiger partial charge on any atom is 0.182 e. The van der Waals surface area contributed by atoms with Crippen molar-refractivity contribution in [1.82, 2.24) is 9.38 Å². The summed E-state index contributed by atoms with van der Waals surface area (Å²) in [7, 11) is 0. The van der Waals surface area contributed by atoms with Gasteiger partial charge in [-0.15, -0.1) is 0 Å². The molecule has 0 unspecified atom stereocenters. The zero-order valence-electron chi connectivity index (χ0n) is 11.0. The van der Waals surface area contributed by atoms with Gasteiger partial charge in [-0.05, 0) is 24.3 Å². The lowest BCUT2D eigenvalue weighted by atomic mass is 10.2. The van der Waals surface area contributed by atoms with Crippen molar-refractivity contribution in [3.8, 4) is 5.75 Å². The molecule has 0 saturated heterocycles. The van der Waals surface area contributed by atoms with Crippen molar-refractivity contribution in [2.24, 2.45) is 0 Å². The summed E-state index contributed by atoms with van der Waals surface area (Å²) in [5.74, 6) is 0.472. The largest absolute Gasteiger partial charge is 0.504 e. The van der Waals surface area contributed by atoms with Crippen molar-refractivity contribution >= 4 is 29.4 Å². The molecule has 0 radical (unpaired) electrons. The van der Waals surface area contributed by atoms with Gasteiger partial charge >= 0.3 is 0 Å². The number of aromatic nitrogens is 2. The summed E-state index contributed by atoms with van der Waals surface area (Å²) in [6.07, 6.45) is 1.70. The summed E-state index contributed by atoms with van der Waals surface area (Å²) < 4.78 is 1.99. The number of pyridine rings is 1. The van der Waals surface area contributed by atoms with Crippen molar-refractivity contribution in [2.45, 2.75) is 6.61 Å². The second-order valence-corrected chi connectivity index (χ2v) is 4.87. The molecule has 3 aromatic rings. The van der Waals surface area contributed by atoms with E-state index in [1.165, 1.54) is 0 Å². The minimum absolute atomic E-state index is 0.0317. The summed E-state index contributed by atoms with van der Waals surface area (Å²) in [4.78, 5) is 4.38. The molecular formula is C15H13N3O2S. The molecule has 3 N–H and O–H groups in total. The van der Waals surface area contributed by atoms with Gasteiger partial charge in [0, 0.05) is 11.9 Å². The minimum Gasteiger partial charge on any atom is -0.504 e. The van der Waals surface area contributed by atoms with Crippen LogP contribution in [0.5, 0.6) is 5.75 Å². The van der Waals surface area contributed by atoms with Crippen LogP contribution in [0.3, 0.4) is 0 Å². The van der Waals surface area contributed by atoms with Gasteiger partial charge < -0.3 is 15.5 Å². The Hall–Kier alpha value is -2.44. The number of para-hydroxylation sites is 1. The molecule has 3 rings (SSSR count). The summed E-state index contributed by atoms with van der Waals surface area (Å²) in [5, 5.41) is 22.6. The number of hydrogen-bond acceptors (Lipinski definition) is 5. The number of fused-ring (bicyclic) bond motifs is 1. The number of nitrogens with one attached hydrogen (secondary N) is 1. The molecule has 0 atom stereocenters. The number of hydrogen-bond donors (Lipinski definition) is 3. The van der Waals surface area contributed by atoms with Gasteiger partial charge in [-0.2, -0.15) is 0 Å². The molecule has 6 heteroatoms. The van der Waals surface area contributed by atoms with Crippen LogP contribution in [0.1, 0.15) is 5.56 Å². The molecule has 0 fully saturated rings. The molecule has 21 heavy (non-hydrogen) atoms. The monoisotopic (exact) mass is 299 g/mol. The van der Waals surface area contributed by atoms with Crippen molar-refractivity contribution in [3.05, 3.63) is 58.9 Å². The standard InChI is InChI=1S/C15H13N3O2S/c19-9-11-13(16-10-5-2-1-3-6-10)17-14-12(20)7-4-8-18(14)15(11)21/h1-8,16,19-20H,9H2. The number of aliphatic hydroxyl groups excluding tert-OH is 1. The first-order valence-corrected chi connectivity index (χ1v) is 6.77. The van der Waals surface area contributed by atoms with Gasteiger partial charge in [0.15, 0.2) is 11.4 Å². The van der Waals surface area contributed by atoms with Crippen LogP contribution >= 0.6 is 12.2 Å². The Labute approximate surface area is 126 Å². The van der Waals surface area contributed by atoms with E-state index in [0.717, 1.165) is 5.69 Å². The van der Waals surface area contributed by atoms with Crippen LogP contribution < -0.4 is 5.32 Å². The maximum absolute atomic E-state index is 9.93. The molecule has 5 nitrogen and oxygen atoms in total. The quantitative estimate of drug-likeness (QED) is 0.649. The minimum atomic E-state index is -0.237. The highest BCUT2D eigenvalue weighted by molar-refractivity contribution is 7.71. The van der Waals surface area contributed by atoms with Gasteiger partial charge in [0.2, 0.25) is 0 Å². The summed E-state index contributed by atoms with van der Waals surface area (Å²) >= 11 is 5.37. The van der Waals surface area contributed by atoms with Crippen molar-refractivity contribution in [3.63, 3.8) is 0 Å². The molecule has 0 aliphatic rings. The van der Waals surface area contributed by atoms with E-state index in [2.05, 4.69) is 10.3 Å². The van der Waals surface area contributed by atoms with E-state index in [1.807, 2.05) is 30.3 Å². The Balaban J connectivity index is 2.22. The van der Waals surface area contributed by atoms with Crippen LogP contribution in [0.2, 0.25) is 0 Å². The molecule has 0 aliphatic carbocycles. The fourth-order valence-electron chi connectivity index (χ4n) is 2.09. The highest BCUT2D eigenvalue weighted by atomic mass is 32.1. The fraction of sp³-hybridized carbons (Fsp3) is 0.0667.